The minimum Gasteiger partial charge on any atom is -0.461 e. The Morgan fingerprint density at radius 2 is 1.58 bits per heavy atom. The van der Waals surface area contributed by atoms with Gasteiger partial charge in [-0.15, -0.1) is 0 Å². The SMILES string of the molecule is CCOC(=O)c1[nH]cc2c1[C@H]1c3cccc(Cl)c3[C@@H]2c2cccc(Cl)c21. The van der Waals surface area contributed by atoms with Crippen LogP contribution in [0.25, 0.3) is 0 Å². The number of benzene rings is 2. The fourth-order valence-electron chi connectivity index (χ4n) is 4.53. The van der Waals surface area contributed by atoms with Crippen LogP contribution in [-0.2, 0) is 4.74 Å². The molecule has 2 aromatic carbocycles. The number of aromatic amines is 1. The first-order chi connectivity index (χ1) is 12.6. The van der Waals surface area contributed by atoms with E-state index in [1.807, 2.05) is 30.5 Å². The average Bonchev–Trinajstić information content (AvgIpc) is 3.08. The smallest absolute Gasteiger partial charge is 0.355 e. The Balaban J connectivity index is 1.84. The molecule has 2 atom stereocenters. The summed E-state index contributed by atoms with van der Waals surface area (Å²) >= 11 is 13.2. The second-order valence-corrected chi connectivity index (χ2v) is 7.42. The molecule has 0 saturated carbocycles. The molecule has 5 heteroatoms. The maximum Gasteiger partial charge on any atom is 0.355 e. The van der Waals surface area contributed by atoms with Crippen LogP contribution < -0.4 is 0 Å². The number of halogens is 2. The number of nitrogens with one attached hydrogen (secondary N) is 1. The fourth-order valence-corrected chi connectivity index (χ4v) is 5.11. The highest BCUT2D eigenvalue weighted by atomic mass is 35.5. The molecular formula is C21H15Cl2NO2. The molecule has 0 aliphatic heterocycles. The molecule has 0 radical (unpaired) electrons. The van der Waals surface area contributed by atoms with Crippen molar-refractivity contribution in [3.8, 4) is 0 Å². The van der Waals surface area contributed by atoms with Gasteiger partial charge in [-0.05, 0) is 46.9 Å². The van der Waals surface area contributed by atoms with Crippen molar-refractivity contribution in [3.05, 3.63) is 91.7 Å². The molecule has 26 heavy (non-hydrogen) atoms. The number of hydrogen-bond donors (Lipinski definition) is 1. The molecule has 6 rings (SSSR count). The van der Waals surface area contributed by atoms with Crippen molar-refractivity contribution in [1.82, 2.24) is 4.98 Å². The topological polar surface area (TPSA) is 42.1 Å². The summed E-state index contributed by atoms with van der Waals surface area (Å²) in [6.45, 7) is 2.14. The standard InChI is InChI=1S/C21H15Cl2NO2/c1-2-26-21(25)20-19-12(9-24-20)15-10-5-3-8-14(23)17(10)18(19)11-6-4-7-13(22)16(11)15/h3-9,15,18,24H,2H2,1H3/t15-,18+/m1/s1. The summed E-state index contributed by atoms with van der Waals surface area (Å²) in [5, 5.41) is 1.46. The molecule has 2 bridgehead atoms. The van der Waals surface area contributed by atoms with Gasteiger partial charge in [-0.2, -0.15) is 0 Å². The van der Waals surface area contributed by atoms with Crippen molar-refractivity contribution >= 4 is 29.2 Å². The molecule has 1 aromatic heterocycles. The van der Waals surface area contributed by atoms with Crippen LogP contribution in [0.15, 0.2) is 42.6 Å². The zero-order valence-corrected chi connectivity index (χ0v) is 15.5. The highest BCUT2D eigenvalue weighted by molar-refractivity contribution is 6.32. The highest BCUT2D eigenvalue weighted by Gasteiger charge is 2.46. The van der Waals surface area contributed by atoms with Crippen LogP contribution in [0.4, 0.5) is 0 Å². The first-order valence-corrected chi connectivity index (χ1v) is 9.34. The monoisotopic (exact) mass is 383 g/mol. The lowest BCUT2D eigenvalue weighted by molar-refractivity contribution is 0.0518. The number of H-pyrrole nitrogens is 1. The molecule has 130 valence electrons. The van der Waals surface area contributed by atoms with E-state index in [4.69, 9.17) is 27.9 Å². The third-order valence-corrected chi connectivity index (χ3v) is 6.06. The highest BCUT2D eigenvalue weighted by Crippen LogP contribution is 2.59. The van der Waals surface area contributed by atoms with Gasteiger partial charge in [-0.1, -0.05) is 47.5 Å². The summed E-state index contributed by atoms with van der Waals surface area (Å²) in [7, 11) is 0. The molecule has 3 nitrogen and oxygen atoms in total. The largest absolute Gasteiger partial charge is 0.461 e. The minimum absolute atomic E-state index is 0.0353. The van der Waals surface area contributed by atoms with E-state index in [1.165, 1.54) is 0 Å². The van der Waals surface area contributed by atoms with E-state index in [0.717, 1.165) is 38.4 Å². The summed E-state index contributed by atoms with van der Waals surface area (Å²) < 4.78 is 5.26. The maximum atomic E-state index is 12.5. The summed E-state index contributed by atoms with van der Waals surface area (Å²) in [6.07, 6.45) is 1.91. The molecule has 0 unspecified atom stereocenters. The van der Waals surface area contributed by atoms with Crippen molar-refractivity contribution in [2.45, 2.75) is 18.8 Å². The van der Waals surface area contributed by atoms with Crippen molar-refractivity contribution in [1.29, 1.82) is 0 Å². The van der Waals surface area contributed by atoms with Gasteiger partial charge in [0.1, 0.15) is 5.69 Å². The molecule has 3 aliphatic rings. The first kappa shape index (κ1) is 16.0. The van der Waals surface area contributed by atoms with E-state index < -0.39 is 0 Å². The molecule has 1 N–H and O–H groups in total. The van der Waals surface area contributed by atoms with E-state index in [2.05, 4.69) is 17.1 Å². The van der Waals surface area contributed by atoms with Gasteiger partial charge in [0, 0.05) is 33.6 Å². The van der Waals surface area contributed by atoms with Gasteiger partial charge in [0.05, 0.1) is 6.61 Å². The van der Waals surface area contributed by atoms with E-state index in [1.54, 1.807) is 6.92 Å². The third-order valence-electron chi connectivity index (χ3n) is 5.40. The molecule has 0 saturated heterocycles. The summed E-state index contributed by atoms with van der Waals surface area (Å²) in [6, 6.07) is 11.9. The number of ether oxygens (including phenoxy) is 1. The summed E-state index contributed by atoms with van der Waals surface area (Å²) in [5.74, 6) is -0.497. The van der Waals surface area contributed by atoms with Crippen molar-refractivity contribution in [2.75, 3.05) is 6.61 Å². The zero-order valence-electron chi connectivity index (χ0n) is 14.0. The Kier molecular flexibility index (Phi) is 3.46. The molecule has 3 aromatic rings. The Morgan fingerprint density at radius 3 is 2.23 bits per heavy atom. The molecule has 0 amide bonds. The average molecular weight is 384 g/mol. The lowest BCUT2D eigenvalue weighted by Crippen LogP contribution is -2.28. The van der Waals surface area contributed by atoms with E-state index >= 15 is 0 Å². The van der Waals surface area contributed by atoms with Gasteiger partial charge >= 0.3 is 5.97 Å². The fraction of sp³-hybridized carbons (Fsp3) is 0.190. The van der Waals surface area contributed by atoms with Crippen LogP contribution in [0.1, 0.15) is 62.6 Å². The third kappa shape index (κ3) is 1.93. The van der Waals surface area contributed by atoms with Crippen LogP contribution in [-0.4, -0.2) is 17.6 Å². The van der Waals surface area contributed by atoms with Crippen molar-refractivity contribution in [2.24, 2.45) is 0 Å². The minimum atomic E-state index is -0.335. The van der Waals surface area contributed by atoms with Gasteiger partial charge in [0.25, 0.3) is 0 Å². The first-order valence-electron chi connectivity index (χ1n) is 8.58. The van der Waals surface area contributed by atoms with Gasteiger partial charge in [0.15, 0.2) is 0 Å². The number of rotatable bonds is 2. The molecule has 3 aliphatic carbocycles. The van der Waals surface area contributed by atoms with Crippen LogP contribution in [0.2, 0.25) is 10.0 Å². The second-order valence-electron chi connectivity index (χ2n) is 6.60. The predicted octanol–water partition coefficient (Wildman–Crippen LogP) is 5.49. The molecule has 0 spiro atoms. The molecular weight excluding hydrogens is 369 g/mol. The quantitative estimate of drug-likeness (QED) is 0.409. The predicted molar refractivity (Wildman–Crippen MR) is 102 cm³/mol. The van der Waals surface area contributed by atoms with Crippen LogP contribution >= 0.6 is 23.2 Å². The Hall–Kier alpha value is -2.23. The van der Waals surface area contributed by atoms with Gasteiger partial charge in [0.2, 0.25) is 0 Å². The number of hydrogen-bond acceptors (Lipinski definition) is 2. The van der Waals surface area contributed by atoms with E-state index in [9.17, 15) is 4.79 Å². The Bertz CT molecular complexity index is 1070. The van der Waals surface area contributed by atoms with Gasteiger partial charge < -0.3 is 9.72 Å². The Labute approximate surface area is 160 Å². The molecule has 1 heterocycles. The normalized spacial score (nSPS) is 18.9. The van der Waals surface area contributed by atoms with Crippen LogP contribution in [0.3, 0.4) is 0 Å². The van der Waals surface area contributed by atoms with E-state index in [0.29, 0.717) is 17.3 Å². The molecule has 0 fully saturated rings. The number of carbonyl (C=O) groups excluding carboxylic acids is 1. The van der Waals surface area contributed by atoms with Gasteiger partial charge in [-0.25, -0.2) is 4.79 Å². The maximum absolute atomic E-state index is 12.5. The van der Waals surface area contributed by atoms with Gasteiger partial charge in [-0.3, -0.25) is 0 Å². The number of aromatic nitrogens is 1. The lowest BCUT2D eigenvalue weighted by Gasteiger charge is -2.41. The summed E-state index contributed by atoms with van der Waals surface area (Å²) in [5.41, 5.74) is 6.98. The van der Waals surface area contributed by atoms with Crippen molar-refractivity contribution < 1.29 is 9.53 Å². The number of carbonyl (C=O) groups is 1. The summed E-state index contributed by atoms with van der Waals surface area (Å²) in [4.78, 5) is 15.7. The van der Waals surface area contributed by atoms with E-state index in [-0.39, 0.29) is 17.8 Å². The lowest BCUT2D eigenvalue weighted by atomic mass is 9.61. The van der Waals surface area contributed by atoms with Crippen molar-refractivity contribution in [3.63, 3.8) is 0 Å². The Morgan fingerprint density at radius 1 is 0.962 bits per heavy atom. The zero-order chi connectivity index (χ0) is 18.0. The number of esters is 1. The second kappa shape index (κ2) is 5.63. The van der Waals surface area contributed by atoms with Crippen LogP contribution in [0.5, 0.6) is 0 Å². The van der Waals surface area contributed by atoms with Crippen LogP contribution in [0, 0.1) is 0 Å².